The molecule has 230 valence electrons. The number of likely N-dealkylation sites (tertiary alicyclic amines) is 2. The van der Waals surface area contributed by atoms with E-state index in [1.54, 1.807) is 45.0 Å². The maximum absolute atomic E-state index is 14.4. The van der Waals surface area contributed by atoms with E-state index in [-0.39, 0.29) is 39.1 Å². The Morgan fingerprint density at radius 1 is 0.976 bits per heavy atom. The lowest BCUT2D eigenvalue weighted by Crippen LogP contribution is -2.50. The van der Waals surface area contributed by atoms with Gasteiger partial charge in [0.2, 0.25) is 5.91 Å². The maximum Gasteiger partial charge on any atom is 0.411 e. The van der Waals surface area contributed by atoms with Crippen molar-refractivity contribution in [3.63, 3.8) is 0 Å². The summed E-state index contributed by atoms with van der Waals surface area (Å²) >= 11 is 0. The molecule has 3 heterocycles. The zero-order valence-corrected chi connectivity index (χ0v) is 26.1. The predicted molar refractivity (Wildman–Crippen MR) is 155 cm³/mol. The Kier molecular flexibility index (Phi) is 9.00. The first-order valence-corrected chi connectivity index (χ1v) is 18.1. The molecule has 11 nitrogen and oxygen atoms in total. The number of rotatable bonds is 7. The summed E-state index contributed by atoms with van der Waals surface area (Å²) in [4.78, 5) is 68.9. The van der Waals surface area contributed by atoms with Crippen molar-refractivity contribution in [2.45, 2.75) is 89.2 Å². The van der Waals surface area contributed by atoms with Gasteiger partial charge >= 0.3 is 12.2 Å². The highest BCUT2D eigenvalue weighted by atomic mass is 28.3. The van der Waals surface area contributed by atoms with Crippen LogP contribution < -0.4 is 5.32 Å². The van der Waals surface area contributed by atoms with Crippen LogP contribution in [0.2, 0.25) is 25.7 Å². The van der Waals surface area contributed by atoms with Gasteiger partial charge in [0.15, 0.2) is 0 Å². The lowest BCUT2D eigenvalue weighted by molar-refractivity contribution is -0.126. The summed E-state index contributed by atoms with van der Waals surface area (Å²) in [7, 11) is -1.48. The van der Waals surface area contributed by atoms with Gasteiger partial charge in [-0.05, 0) is 45.4 Å². The summed E-state index contributed by atoms with van der Waals surface area (Å²) in [5.41, 5.74) is -0.205. The number of ether oxygens (including phenoxy) is 2. The molecule has 0 unspecified atom stereocenters. The first-order valence-electron chi connectivity index (χ1n) is 14.4. The molecule has 0 saturated carbocycles. The molecule has 1 aromatic rings. The van der Waals surface area contributed by atoms with Gasteiger partial charge in [0.1, 0.15) is 17.8 Å². The average molecular weight is 605 g/mol. The fourth-order valence-electron chi connectivity index (χ4n) is 5.41. The Hall–Kier alpha value is -3.48. The number of hydrogen-bond donors (Lipinski definition) is 1. The Morgan fingerprint density at radius 2 is 1.60 bits per heavy atom. The lowest BCUT2D eigenvalue weighted by Gasteiger charge is -2.28. The van der Waals surface area contributed by atoms with Crippen LogP contribution in [0, 0.1) is 0 Å². The van der Waals surface area contributed by atoms with Crippen molar-refractivity contribution in [3.8, 4) is 0 Å². The van der Waals surface area contributed by atoms with Gasteiger partial charge in [-0.25, -0.2) is 14.0 Å². The summed E-state index contributed by atoms with van der Waals surface area (Å²) in [5.74, 6) is -1.44. The summed E-state index contributed by atoms with van der Waals surface area (Å²) in [6, 6.07) is 5.06. The Morgan fingerprint density at radius 3 is 2.17 bits per heavy atom. The van der Waals surface area contributed by atoms with Crippen LogP contribution in [0.15, 0.2) is 24.3 Å². The molecule has 2 fully saturated rings. The molecule has 3 aliphatic rings. The van der Waals surface area contributed by atoms with Crippen molar-refractivity contribution in [2.75, 3.05) is 26.2 Å². The minimum atomic E-state index is -1.48. The molecule has 1 N–H and O–H groups in total. The molecule has 0 aliphatic carbocycles. The third-order valence-electron chi connectivity index (χ3n) is 7.53. The number of carbonyl (C=O) groups is 5. The molecule has 3 aliphatic heterocycles. The smallest absolute Gasteiger partial charge is 0.411 e. The SMILES string of the molecule is CC(C)(C)OC(=O)N1C[C@@H](F)C[C@H]1C(=O)N[C@@H]1C[C@H](CN2C(=O)c3ccccc3C2=O)N(C(=O)OCC[Si](C)(C)C)C1. The summed E-state index contributed by atoms with van der Waals surface area (Å²) in [6.45, 7) is 11.6. The van der Waals surface area contributed by atoms with E-state index in [1.807, 2.05) is 0 Å². The second-order valence-corrected chi connectivity index (χ2v) is 19.0. The minimum Gasteiger partial charge on any atom is -0.450 e. The summed E-state index contributed by atoms with van der Waals surface area (Å²) in [5, 5.41) is 2.86. The molecule has 4 rings (SSSR count). The molecule has 0 bridgehead atoms. The second kappa shape index (κ2) is 12.0. The van der Waals surface area contributed by atoms with Gasteiger partial charge in [0.05, 0.1) is 30.3 Å². The number of nitrogens with zero attached hydrogens (tertiary/aromatic N) is 3. The van der Waals surface area contributed by atoms with Gasteiger partial charge in [-0.15, -0.1) is 0 Å². The molecule has 42 heavy (non-hydrogen) atoms. The molecule has 4 atom stereocenters. The molecule has 1 aromatic carbocycles. The highest BCUT2D eigenvalue weighted by Gasteiger charge is 2.46. The van der Waals surface area contributed by atoms with Crippen LogP contribution >= 0.6 is 0 Å². The highest BCUT2D eigenvalue weighted by Crippen LogP contribution is 2.28. The van der Waals surface area contributed by atoms with Crippen LogP contribution in [0.1, 0.15) is 54.3 Å². The zero-order chi connectivity index (χ0) is 31.0. The third kappa shape index (κ3) is 7.29. The number of halogens is 1. The van der Waals surface area contributed by atoms with Crippen LogP contribution in [0.5, 0.6) is 0 Å². The predicted octanol–water partition coefficient (Wildman–Crippen LogP) is 3.66. The van der Waals surface area contributed by atoms with Gasteiger partial charge in [0.25, 0.3) is 11.8 Å². The van der Waals surface area contributed by atoms with Crippen LogP contribution in [-0.4, -0.2) is 109 Å². The molecular weight excluding hydrogens is 563 g/mol. The average Bonchev–Trinajstić information content (AvgIpc) is 3.53. The van der Waals surface area contributed by atoms with Gasteiger partial charge < -0.3 is 19.7 Å². The van der Waals surface area contributed by atoms with Gasteiger partial charge in [0, 0.05) is 33.6 Å². The van der Waals surface area contributed by atoms with Crippen molar-refractivity contribution in [3.05, 3.63) is 35.4 Å². The lowest BCUT2D eigenvalue weighted by atomic mass is 10.1. The minimum absolute atomic E-state index is 0.0676. The fraction of sp³-hybridized carbons (Fsp3) is 0.621. The van der Waals surface area contributed by atoms with Gasteiger partial charge in [-0.3, -0.25) is 24.2 Å². The third-order valence-corrected chi connectivity index (χ3v) is 9.23. The molecule has 0 radical (unpaired) electrons. The highest BCUT2D eigenvalue weighted by molar-refractivity contribution is 6.76. The van der Waals surface area contributed by atoms with E-state index >= 15 is 0 Å². The number of imide groups is 1. The number of hydrogen-bond acceptors (Lipinski definition) is 7. The Bertz CT molecular complexity index is 1210. The van der Waals surface area contributed by atoms with Crippen molar-refractivity contribution in [1.82, 2.24) is 20.0 Å². The summed E-state index contributed by atoms with van der Waals surface area (Å²) in [6.07, 6.45) is -2.67. The normalized spacial score (nSPS) is 24.2. The van der Waals surface area contributed by atoms with Crippen molar-refractivity contribution < 1.29 is 37.8 Å². The monoisotopic (exact) mass is 604 g/mol. The number of alkyl halides is 1. The van der Waals surface area contributed by atoms with Gasteiger partial charge in [-0.2, -0.15) is 0 Å². The second-order valence-electron chi connectivity index (χ2n) is 13.4. The van der Waals surface area contributed by atoms with E-state index in [4.69, 9.17) is 9.47 Å². The van der Waals surface area contributed by atoms with Crippen LogP contribution in [0.25, 0.3) is 0 Å². The number of amides is 5. The topological polar surface area (TPSA) is 126 Å². The quantitative estimate of drug-likeness (QED) is 0.372. The Balaban J connectivity index is 1.47. The number of carbonyl (C=O) groups excluding carboxylic acids is 5. The van der Waals surface area contributed by atoms with Gasteiger partial charge in [-0.1, -0.05) is 31.8 Å². The van der Waals surface area contributed by atoms with E-state index in [9.17, 15) is 28.4 Å². The molecule has 13 heteroatoms. The van der Waals surface area contributed by atoms with E-state index in [1.165, 1.54) is 4.90 Å². The fourth-order valence-corrected chi connectivity index (χ4v) is 6.13. The number of nitrogens with one attached hydrogen (secondary N) is 1. The van der Waals surface area contributed by atoms with E-state index in [2.05, 4.69) is 25.0 Å². The van der Waals surface area contributed by atoms with Crippen molar-refractivity contribution in [1.29, 1.82) is 0 Å². The van der Waals surface area contributed by atoms with E-state index < -0.39 is 67.9 Å². The standard InChI is InChI=1S/C29H41FN4O7Si/c1-29(2,3)41-28(39)33-15-18(30)13-23(33)24(35)31-19-14-20(32(16-19)27(38)40-11-12-42(4,5)6)17-34-25(36)21-9-7-8-10-22(21)26(34)37/h7-10,18-20,23H,11-17H2,1-6H3,(H,31,35)/t18-,19+,20+,23-/m0/s1. The first kappa shape index (κ1) is 31.5. The molecule has 0 aromatic heterocycles. The van der Waals surface area contributed by atoms with E-state index in [0.717, 1.165) is 15.8 Å². The Labute approximate surface area is 246 Å². The maximum atomic E-state index is 14.4. The summed E-state index contributed by atoms with van der Waals surface area (Å²) < 4.78 is 25.3. The number of fused-ring (bicyclic) bond motifs is 1. The van der Waals surface area contributed by atoms with Crippen LogP contribution in [0.3, 0.4) is 0 Å². The van der Waals surface area contributed by atoms with E-state index in [0.29, 0.717) is 11.1 Å². The molecule has 2 saturated heterocycles. The zero-order valence-electron chi connectivity index (χ0n) is 25.1. The van der Waals surface area contributed by atoms with Crippen LogP contribution in [0.4, 0.5) is 14.0 Å². The number of benzene rings is 1. The molecule has 5 amide bonds. The molecular formula is C29H41FN4O7Si. The van der Waals surface area contributed by atoms with Crippen molar-refractivity contribution in [2.24, 2.45) is 0 Å². The largest absolute Gasteiger partial charge is 0.450 e. The van der Waals surface area contributed by atoms with Crippen molar-refractivity contribution >= 4 is 38.0 Å². The first-order chi connectivity index (χ1) is 19.5. The molecule has 0 spiro atoms. The van der Waals surface area contributed by atoms with Crippen LogP contribution in [-0.2, 0) is 14.3 Å².